The topological polar surface area (TPSA) is 64.2 Å². The lowest BCUT2D eigenvalue weighted by Gasteiger charge is -2.15. The van der Waals surface area contributed by atoms with Crippen LogP contribution in [0.4, 0.5) is 0 Å². The lowest BCUT2D eigenvalue weighted by molar-refractivity contribution is 0.356. The molecule has 0 unspecified atom stereocenters. The number of nitrogens with one attached hydrogen (secondary N) is 1. The molecular formula is C25H26N2O3. The van der Waals surface area contributed by atoms with Crippen molar-refractivity contribution in [1.29, 1.82) is 0 Å². The minimum absolute atomic E-state index is 0.0674. The first kappa shape index (κ1) is 20.0. The second-order valence-electron chi connectivity index (χ2n) is 7.63. The highest BCUT2D eigenvalue weighted by molar-refractivity contribution is 5.91. The molecule has 1 N–H and O–H groups in total. The maximum absolute atomic E-state index is 13.0. The van der Waals surface area contributed by atoms with Crippen molar-refractivity contribution >= 4 is 21.7 Å². The van der Waals surface area contributed by atoms with Gasteiger partial charge in [0.1, 0.15) is 0 Å². The zero-order valence-electron chi connectivity index (χ0n) is 17.8. The van der Waals surface area contributed by atoms with Crippen molar-refractivity contribution in [3.8, 4) is 11.5 Å². The predicted molar refractivity (Wildman–Crippen MR) is 121 cm³/mol. The summed E-state index contributed by atoms with van der Waals surface area (Å²) in [4.78, 5) is 20.7. The molecule has 0 amide bonds. The molecule has 0 fully saturated rings. The van der Waals surface area contributed by atoms with Gasteiger partial charge < -0.3 is 14.5 Å². The summed E-state index contributed by atoms with van der Waals surface area (Å²) in [5.41, 5.74) is 4.70. The van der Waals surface area contributed by atoms with Crippen LogP contribution in [0.25, 0.3) is 21.7 Å². The lowest BCUT2D eigenvalue weighted by Crippen LogP contribution is -2.16. The highest BCUT2D eigenvalue weighted by Gasteiger charge is 2.16. The molecule has 5 heteroatoms. The highest BCUT2D eigenvalue weighted by atomic mass is 16.5. The molecule has 0 spiro atoms. The Kier molecular flexibility index (Phi) is 5.44. The van der Waals surface area contributed by atoms with Crippen LogP contribution in [0.15, 0.2) is 47.4 Å². The fourth-order valence-electron chi connectivity index (χ4n) is 3.98. The van der Waals surface area contributed by atoms with Gasteiger partial charge in [0.25, 0.3) is 5.56 Å². The van der Waals surface area contributed by atoms with Gasteiger partial charge in [-0.1, -0.05) is 25.5 Å². The molecule has 0 atom stereocenters. The highest BCUT2D eigenvalue weighted by Crippen LogP contribution is 2.34. The van der Waals surface area contributed by atoms with Crippen molar-refractivity contribution in [2.75, 3.05) is 14.2 Å². The van der Waals surface area contributed by atoms with Gasteiger partial charge in [0, 0.05) is 34.6 Å². The summed E-state index contributed by atoms with van der Waals surface area (Å²) < 4.78 is 11.0. The van der Waals surface area contributed by atoms with Gasteiger partial charge in [-0.2, -0.15) is 0 Å². The van der Waals surface area contributed by atoms with E-state index in [1.54, 1.807) is 14.2 Å². The fourth-order valence-corrected chi connectivity index (χ4v) is 3.98. The first-order valence-corrected chi connectivity index (χ1v) is 10.2. The molecule has 4 rings (SSSR count). The van der Waals surface area contributed by atoms with E-state index in [0.717, 1.165) is 45.8 Å². The molecular weight excluding hydrogens is 376 g/mol. The zero-order chi connectivity index (χ0) is 21.3. The number of ether oxygens (including phenoxy) is 2. The van der Waals surface area contributed by atoms with Gasteiger partial charge in [0.05, 0.1) is 19.7 Å². The molecule has 2 aromatic carbocycles. The van der Waals surface area contributed by atoms with Crippen LogP contribution >= 0.6 is 0 Å². The van der Waals surface area contributed by atoms with E-state index < -0.39 is 0 Å². The van der Waals surface area contributed by atoms with Crippen LogP contribution in [0.5, 0.6) is 11.5 Å². The van der Waals surface area contributed by atoms with Gasteiger partial charge >= 0.3 is 0 Å². The van der Waals surface area contributed by atoms with E-state index in [2.05, 4.69) is 48.1 Å². The van der Waals surface area contributed by atoms with Crippen LogP contribution < -0.4 is 15.0 Å². The van der Waals surface area contributed by atoms with E-state index in [4.69, 9.17) is 9.47 Å². The van der Waals surface area contributed by atoms with Gasteiger partial charge in [0.15, 0.2) is 11.5 Å². The van der Waals surface area contributed by atoms with Crippen molar-refractivity contribution in [2.24, 2.45) is 0 Å². The number of hydrogen-bond acceptors (Lipinski definition) is 4. The van der Waals surface area contributed by atoms with E-state index in [-0.39, 0.29) is 5.56 Å². The number of methoxy groups -OCH3 is 2. The van der Waals surface area contributed by atoms with E-state index >= 15 is 0 Å². The van der Waals surface area contributed by atoms with E-state index in [1.807, 2.05) is 18.3 Å². The fraction of sp³-hybridized carbons (Fsp3) is 0.280. The molecule has 0 aliphatic heterocycles. The molecule has 2 aromatic heterocycles. The van der Waals surface area contributed by atoms with Crippen molar-refractivity contribution in [3.05, 3.63) is 75.3 Å². The number of aromatic nitrogens is 2. The Morgan fingerprint density at radius 1 is 1.00 bits per heavy atom. The number of rotatable bonds is 6. The van der Waals surface area contributed by atoms with Crippen molar-refractivity contribution < 1.29 is 9.47 Å². The van der Waals surface area contributed by atoms with E-state index in [1.165, 1.54) is 5.56 Å². The molecule has 4 aromatic rings. The van der Waals surface area contributed by atoms with Crippen LogP contribution in [0.3, 0.4) is 0 Å². The number of nitrogens with zero attached hydrogens (tertiary/aromatic N) is 1. The molecule has 0 bridgehead atoms. The number of benzene rings is 2. The van der Waals surface area contributed by atoms with Crippen LogP contribution in [0.2, 0.25) is 0 Å². The molecule has 0 radical (unpaired) electrons. The largest absolute Gasteiger partial charge is 0.493 e. The number of fused-ring (bicyclic) bond motifs is 2. The summed E-state index contributed by atoms with van der Waals surface area (Å²) in [6, 6.07) is 12.2. The number of aryl methyl sites for hydroxylation is 2. The molecule has 0 aliphatic carbocycles. The van der Waals surface area contributed by atoms with Crippen LogP contribution in [-0.2, 0) is 12.8 Å². The summed E-state index contributed by atoms with van der Waals surface area (Å²) in [6.07, 6.45) is 4.07. The molecule has 0 saturated heterocycles. The summed E-state index contributed by atoms with van der Waals surface area (Å²) in [7, 11) is 3.23. The van der Waals surface area contributed by atoms with Crippen LogP contribution in [-0.4, -0.2) is 24.2 Å². The Hall–Kier alpha value is -3.34. The monoisotopic (exact) mass is 402 g/mol. The third-order valence-corrected chi connectivity index (χ3v) is 5.49. The predicted octanol–water partition coefficient (Wildman–Crippen LogP) is 4.95. The van der Waals surface area contributed by atoms with Crippen LogP contribution in [0, 0.1) is 6.92 Å². The van der Waals surface area contributed by atoms with Gasteiger partial charge in [-0.3, -0.25) is 9.78 Å². The quantitative estimate of drug-likeness (QED) is 0.496. The first-order valence-electron chi connectivity index (χ1n) is 10.2. The third kappa shape index (κ3) is 3.63. The molecule has 0 saturated carbocycles. The minimum atomic E-state index is -0.0674. The third-order valence-electron chi connectivity index (χ3n) is 5.49. The van der Waals surface area contributed by atoms with Crippen molar-refractivity contribution in [2.45, 2.75) is 33.1 Å². The summed E-state index contributed by atoms with van der Waals surface area (Å²) >= 11 is 0. The van der Waals surface area contributed by atoms with E-state index in [9.17, 15) is 4.79 Å². The SMILES string of the molecule is CCCc1[nH]c(=O)c(Cc2cnc3cc(C)ccc3c2)c2cc(OC)c(OC)cc12. The second kappa shape index (κ2) is 8.19. The normalized spacial score (nSPS) is 11.2. The molecule has 5 nitrogen and oxygen atoms in total. The maximum atomic E-state index is 13.0. The second-order valence-corrected chi connectivity index (χ2v) is 7.63. The number of pyridine rings is 2. The molecule has 0 aliphatic rings. The first-order chi connectivity index (χ1) is 14.5. The average Bonchev–Trinajstić information content (AvgIpc) is 2.75. The Morgan fingerprint density at radius 3 is 2.43 bits per heavy atom. The van der Waals surface area contributed by atoms with Gasteiger partial charge in [-0.25, -0.2) is 0 Å². The number of aromatic amines is 1. The maximum Gasteiger partial charge on any atom is 0.252 e. The van der Waals surface area contributed by atoms with Crippen molar-refractivity contribution in [3.63, 3.8) is 0 Å². The molecule has 154 valence electrons. The number of hydrogen-bond donors (Lipinski definition) is 1. The smallest absolute Gasteiger partial charge is 0.252 e. The number of H-pyrrole nitrogens is 1. The molecule has 2 heterocycles. The minimum Gasteiger partial charge on any atom is -0.493 e. The molecule has 30 heavy (non-hydrogen) atoms. The van der Waals surface area contributed by atoms with Gasteiger partial charge in [-0.05, 0) is 54.1 Å². The summed E-state index contributed by atoms with van der Waals surface area (Å²) in [5, 5.41) is 2.96. The lowest BCUT2D eigenvalue weighted by atomic mass is 9.97. The Bertz CT molecular complexity index is 1290. The van der Waals surface area contributed by atoms with Crippen LogP contribution in [0.1, 0.15) is 35.7 Å². The zero-order valence-corrected chi connectivity index (χ0v) is 17.8. The van der Waals surface area contributed by atoms with Gasteiger partial charge in [0.2, 0.25) is 0 Å². The van der Waals surface area contributed by atoms with Gasteiger partial charge in [-0.15, -0.1) is 0 Å². The Morgan fingerprint density at radius 2 is 1.73 bits per heavy atom. The average molecular weight is 402 g/mol. The van der Waals surface area contributed by atoms with Crippen molar-refractivity contribution in [1.82, 2.24) is 9.97 Å². The summed E-state index contributed by atoms with van der Waals surface area (Å²) in [6.45, 7) is 4.15. The Balaban J connectivity index is 1.89. The standard InChI is InChI=1S/C25H26N2O3/c1-5-6-21-19-13-24(30-4)23(29-3)12-18(19)20(25(28)27-21)11-16-10-17-8-7-15(2)9-22(17)26-14-16/h7-10,12-14H,5-6,11H2,1-4H3,(H,27,28). The summed E-state index contributed by atoms with van der Waals surface area (Å²) in [5.74, 6) is 1.27. The Labute approximate surface area is 175 Å². The van der Waals surface area contributed by atoms with E-state index in [0.29, 0.717) is 23.5 Å².